The molecule has 1 atom stereocenters. The summed E-state index contributed by atoms with van der Waals surface area (Å²) in [7, 11) is 3.73. The quantitative estimate of drug-likeness (QED) is 0.529. The molecule has 1 aromatic carbocycles. The van der Waals surface area contributed by atoms with Gasteiger partial charge < -0.3 is 24.6 Å². The minimum Gasteiger partial charge on any atom is -0.485 e. The van der Waals surface area contributed by atoms with E-state index in [9.17, 15) is 19.7 Å². The van der Waals surface area contributed by atoms with Crippen molar-refractivity contribution >= 4 is 17.7 Å². The molecule has 1 aliphatic rings. The van der Waals surface area contributed by atoms with E-state index in [1.54, 1.807) is 4.90 Å². The van der Waals surface area contributed by atoms with E-state index in [1.807, 2.05) is 39.8 Å². The topological polar surface area (TPSA) is 114 Å². The Labute approximate surface area is 176 Å². The molecule has 0 unspecified atom stereocenters. The fourth-order valence-corrected chi connectivity index (χ4v) is 2.93. The minimum absolute atomic E-state index is 0.0595. The molecule has 0 aliphatic carbocycles. The maximum Gasteiger partial charge on any atom is 0.407 e. The van der Waals surface area contributed by atoms with Crippen molar-refractivity contribution in [3.63, 3.8) is 0 Å². The molecule has 2 amide bonds. The predicted molar refractivity (Wildman–Crippen MR) is 111 cm³/mol. The molecule has 2 rings (SSSR count). The van der Waals surface area contributed by atoms with Crippen LogP contribution in [0.3, 0.4) is 0 Å². The SMILES string of the molecule is CN(C)CCOc1cc(C(=O)N2CC[C@@H](OC(=O)NC(C)(C)C)C2)ccc1[N+](=O)[O-]. The van der Waals surface area contributed by atoms with E-state index in [0.29, 0.717) is 25.1 Å². The van der Waals surface area contributed by atoms with Crippen LogP contribution in [0.1, 0.15) is 37.6 Å². The van der Waals surface area contributed by atoms with Gasteiger partial charge in [-0.1, -0.05) is 0 Å². The molecular weight excluding hydrogens is 392 g/mol. The number of nitrogens with zero attached hydrogens (tertiary/aromatic N) is 3. The molecule has 0 saturated carbocycles. The lowest BCUT2D eigenvalue weighted by Gasteiger charge is -2.22. The summed E-state index contributed by atoms with van der Waals surface area (Å²) in [5.74, 6) is -0.228. The summed E-state index contributed by atoms with van der Waals surface area (Å²) in [5.41, 5.74) is -0.306. The Hall–Kier alpha value is -2.88. The molecule has 1 saturated heterocycles. The molecule has 0 spiro atoms. The third-order valence-corrected chi connectivity index (χ3v) is 4.38. The van der Waals surface area contributed by atoms with Crippen LogP contribution < -0.4 is 10.1 Å². The lowest BCUT2D eigenvalue weighted by molar-refractivity contribution is -0.385. The first-order chi connectivity index (χ1) is 14.0. The van der Waals surface area contributed by atoms with E-state index in [0.717, 1.165) is 0 Å². The van der Waals surface area contributed by atoms with Crippen LogP contribution in [-0.2, 0) is 4.74 Å². The Balaban J connectivity index is 2.04. The molecule has 30 heavy (non-hydrogen) atoms. The van der Waals surface area contributed by atoms with Gasteiger partial charge in [0, 0.05) is 42.7 Å². The fraction of sp³-hybridized carbons (Fsp3) is 0.600. The summed E-state index contributed by atoms with van der Waals surface area (Å²) < 4.78 is 10.9. The van der Waals surface area contributed by atoms with E-state index in [1.165, 1.54) is 18.2 Å². The molecule has 0 aromatic heterocycles. The standard InChI is InChI=1S/C20H30N4O6/c1-20(2,3)21-19(26)30-15-8-9-23(13-15)18(25)14-6-7-16(24(27)28)17(12-14)29-11-10-22(4)5/h6-7,12,15H,8-11,13H2,1-5H3,(H,21,26)/t15-/m1/s1. The zero-order chi connectivity index (χ0) is 22.5. The number of likely N-dealkylation sites (N-methyl/N-ethyl adjacent to an activating group) is 1. The van der Waals surface area contributed by atoms with Crippen LogP contribution in [0.15, 0.2) is 18.2 Å². The van der Waals surface area contributed by atoms with Crippen molar-refractivity contribution in [1.29, 1.82) is 0 Å². The molecule has 1 fully saturated rings. The average molecular weight is 422 g/mol. The van der Waals surface area contributed by atoms with Gasteiger partial charge in [0.05, 0.1) is 11.5 Å². The Bertz CT molecular complexity index is 790. The van der Waals surface area contributed by atoms with Gasteiger partial charge in [0.25, 0.3) is 5.91 Å². The van der Waals surface area contributed by atoms with E-state index in [2.05, 4.69) is 5.32 Å². The van der Waals surface area contributed by atoms with E-state index in [4.69, 9.17) is 9.47 Å². The van der Waals surface area contributed by atoms with Gasteiger partial charge in [0.15, 0.2) is 5.75 Å². The number of amides is 2. The number of benzene rings is 1. The van der Waals surface area contributed by atoms with Gasteiger partial charge >= 0.3 is 11.8 Å². The second-order valence-electron chi connectivity index (χ2n) is 8.53. The van der Waals surface area contributed by atoms with Crippen molar-refractivity contribution < 1.29 is 24.0 Å². The van der Waals surface area contributed by atoms with E-state index < -0.39 is 22.7 Å². The van der Waals surface area contributed by atoms with Gasteiger partial charge in [-0.05, 0) is 40.9 Å². The lowest BCUT2D eigenvalue weighted by Crippen LogP contribution is -2.42. The number of rotatable bonds is 7. The summed E-state index contributed by atoms with van der Waals surface area (Å²) in [6.07, 6.45) is -0.387. The van der Waals surface area contributed by atoms with Crippen LogP contribution in [0.5, 0.6) is 5.75 Å². The van der Waals surface area contributed by atoms with E-state index in [-0.39, 0.29) is 30.5 Å². The van der Waals surface area contributed by atoms with Crippen molar-refractivity contribution in [3.05, 3.63) is 33.9 Å². The monoisotopic (exact) mass is 422 g/mol. The number of nitrogens with one attached hydrogen (secondary N) is 1. The smallest absolute Gasteiger partial charge is 0.407 e. The number of hydrogen-bond donors (Lipinski definition) is 1. The van der Waals surface area contributed by atoms with Gasteiger partial charge in [-0.3, -0.25) is 14.9 Å². The van der Waals surface area contributed by atoms with Crippen LogP contribution in [-0.4, -0.2) is 78.7 Å². The number of carbonyl (C=O) groups excluding carboxylic acids is 2. The first kappa shape index (κ1) is 23.4. The molecule has 1 N–H and O–H groups in total. The second kappa shape index (κ2) is 9.75. The Kier molecular flexibility index (Phi) is 7.60. The second-order valence-corrected chi connectivity index (χ2v) is 8.53. The average Bonchev–Trinajstić information content (AvgIpc) is 3.07. The highest BCUT2D eigenvalue weighted by Gasteiger charge is 2.31. The molecule has 0 radical (unpaired) electrons. The number of nitro benzene ring substituents is 1. The summed E-state index contributed by atoms with van der Waals surface area (Å²) in [6, 6.07) is 4.09. The number of ether oxygens (including phenoxy) is 2. The van der Waals surface area contributed by atoms with E-state index >= 15 is 0 Å². The van der Waals surface area contributed by atoms with Crippen molar-refractivity contribution in [3.8, 4) is 5.75 Å². The molecule has 1 aromatic rings. The first-order valence-electron chi connectivity index (χ1n) is 9.80. The summed E-state index contributed by atoms with van der Waals surface area (Å²) >= 11 is 0. The molecule has 0 bridgehead atoms. The van der Waals surface area contributed by atoms with Crippen molar-refractivity contribution in [2.24, 2.45) is 0 Å². The zero-order valence-corrected chi connectivity index (χ0v) is 18.1. The number of nitro groups is 1. The highest BCUT2D eigenvalue weighted by atomic mass is 16.6. The molecule has 10 nitrogen and oxygen atoms in total. The van der Waals surface area contributed by atoms with Crippen LogP contribution in [0.25, 0.3) is 0 Å². The van der Waals surface area contributed by atoms with Crippen LogP contribution >= 0.6 is 0 Å². The molecule has 166 valence electrons. The number of likely N-dealkylation sites (tertiary alicyclic amines) is 1. The predicted octanol–water partition coefficient (Wildman–Crippen LogP) is 2.27. The summed E-state index contributed by atoms with van der Waals surface area (Å²) in [4.78, 5) is 39.0. The van der Waals surface area contributed by atoms with Gasteiger partial charge in [0.1, 0.15) is 12.7 Å². The summed E-state index contributed by atoms with van der Waals surface area (Å²) in [5, 5.41) is 14.0. The highest BCUT2D eigenvalue weighted by molar-refractivity contribution is 5.95. The maximum absolute atomic E-state index is 12.9. The van der Waals surface area contributed by atoms with Crippen LogP contribution in [0, 0.1) is 10.1 Å². The van der Waals surface area contributed by atoms with Crippen molar-refractivity contribution in [1.82, 2.24) is 15.1 Å². The Morgan fingerprint density at radius 3 is 2.63 bits per heavy atom. The van der Waals surface area contributed by atoms with Crippen molar-refractivity contribution in [2.45, 2.75) is 38.8 Å². The Morgan fingerprint density at radius 1 is 1.33 bits per heavy atom. The van der Waals surface area contributed by atoms with Gasteiger partial charge in [0.2, 0.25) is 0 Å². The highest BCUT2D eigenvalue weighted by Crippen LogP contribution is 2.29. The minimum atomic E-state index is -0.535. The first-order valence-corrected chi connectivity index (χ1v) is 9.80. The van der Waals surface area contributed by atoms with Crippen LogP contribution in [0.4, 0.5) is 10.5 Å². The van der Waals surface area contributed by atoms with Gasteiger partial charge in [-0.2, -0.15) is 0 Å². The normalized spacial score (nSPS) is 16.5. The number of alkyl carbamates (subject to hydrolysis) is 1. The zero-order valence-electron chi connectivity index (χ0n) is 18.1. The molecule has 1 heterocycles. The van der Waals surface area contributed by atoms with Crippen LogP contribution in [0.2, 0.25) is 0 Å². The molecular formula is C20H30N4O6. The number of carbonyl (C=O) groups is 2. The lowest BCUT2D eigenvalue weighted by atomic mass is 10.1. The Morgan fingerprint density at radius 2 is 2.03 bits per heavy atom. The third-order valence-electron chi connectivity index (χ3n) is 4.38. The van der Waals surface area contributed by atoms with Gasteiger partial charge in [-0.25, -0.2) is 4.79 Å². The summed E-state index contributed by atoms with van der Waals surface area (Å²) in [6.45, 7) is 7.10. The largest absolute Gasteiger partial charge is 0.485 e. The molecule has 1 aliphatic heterocycles. The third kappa shape index (κ3) is 6.87. The maximum atomic E-state index is 12.9. The fourth-order valence-electron chi connectivity index (χ4n) is 2.93. The molecule has 10 heteroatoms. The van der Waals surface area contributed by atoms with Crippen molar-refractivity contribution in [2.75, 3.05) is 40.3 Å². The number of hydrogen-bond acceptors (Lipinski definition) is 7. The van der Waals surface area contributed by atoms with Gasteiger partial charge in [-0.15, -0.1) is 0 Å².